The topological polar surface area (TPSA) is 55.4 Å². The van der Waals surface area contributed by atoms with Crippen LogP contribution in [0.2, 0.25) is 0 Å². The van der Waals surface area contributed by atoms with Gasteiger partial charge in [0, 0.05) is 42.7 Å². The second-order valence-electron chi connectivity index (χ2n) is 4.28. The van der Waals surface area contributed by atoms with E-state index in [-0.39, 0.29) is 9.75 Å². The van der Waals surface area contributed by atoms with Crippen molar-refractivity contribution in [1.82, 2.24) is 0 Å². The van der Waals surface area contributed by atoms with Crippen molar-refractivity contribution >= 4 is 42.9 Å². The molecule has 0 aliphatic heterocycles. The fraction of sp³-hybridized carbons (Fsp3) is 1.00. The third kappa shape index (κ3) is 6.79. The lowest BCUT2D eigenvalue weighted by Gasteiger charge is -2.28. The Morgan fingerprint density at radius 2 is 0.773 bits per heavy atom. The summed E-state index contributed by atoms with van der Waals surface area (Å²) in [5.41, 5.74) is 0. The number of hydrogen-bond acceptors (Lipinski definition) is 8. The minimum atomic E-state index is -2.46. The van der Waals surface area contributed by atoms with Crippen LogP contribution >= 0.6 is 25.3 Å². The normalized spacial score (nSPS) is 15.0. The van der Waals surface area contributed by atoms with Gasteiger partial charge in [-0.15, -0.1) is 0 Å². The number of hydrogen-bond donors (Lipinski definition) is 2. The Morgan fingerprint density at radius 1 is 0.591 bits per heavy atom. The summed E-state index contributed by atoms with van der Waals surface area (Å²) in [6.45, 7) is 4.05. The molecule has 0 heterocycles. The van der Waals surface area contributed by atoms with Crippen molar-refractivity contribution in [2.24, 2.45) is 0 Å². The van der Waals surface area contributed by atoms with Crippen molar-refractivity contribution in [3.63, 3.8) is 0 Å². The van der Waals surface area contributed by atoms with Crippen LogP contribution in [0, 0.1) is 0 Å². The summed E-state index contributed by atoms with van der Waals surface area (Å²) in [5.74, 6) is 0. The average molecular weight is 393 g/mol. The summed E-state index contributed by atoms with van der Waals surface area (Å²) in [6.07, 6.45) is 1.76. The quantitative estimate of drug-likeness (QED) is 0.439. The SMILES string of the molecule is CCC(S)[Si](OC)(OC)OC.CCC(S)[Si](OC)(OC)OC. The molecule has 0 aliphatic rings. The Morgan fingerprint density at radius 3 is 0.818 bits per heavy atom. The largest absolute Gasteiger partial charge is 0.513 e. The summed E-state index contributed by atoms with van der Waals surface area (Å²) >= 11 is 8.68. The van der Waals surface area contributed by atoms with Gasteiger partial charge in [-0.1, -0.05) is 13.8 Å². The second kappa shape index (κ2) is 13.2. The van der Waals surface area contributed by atoms with Crippen molar-refractivity contribution in [2.75, 3.05) is 42.7 Å². The summed E-state index contributed by atoms with van der Waals surface area (Å²) in [5, 5.41) is 0. The third-order valence-electron chi connectivity index (χ3n) is 3.30. The highest BCUT2D eigenvalue weighted by atomic mass is 32.1. The van der Waals surface area contributed by atoms with Crippen LogP contribution in [0.1, 0.15) is 26.7 Å². The highest BCUT2D eigenvalue weighted by Crippen LogP contribution is 2.19. The molecule has 0 radical (unpaired) electrons. The van der Waals surface area contributed by atoms with E-state index >= 15 is 0 Å². The first-order valence-corrected chi connectivity index (χ1v) is 11.6. The molecule has 22 heavy (non-hydrogen) atoms. The van der Waals surface area contributed by atoms with Crippen molar-refractivity contribution in [2.45, 2.75) is 36.4 Å². The van der Waals surface area contributed by atoms with Gasteiger partial charge in [-0.2, -0.15) is 25.3 Å². The Hall–Kier alpha value is 0.894. The Kier molecular flexibility index (Phi) is 15.1. The molecule has 0 rings (SSSR count). The maximum atomic E-state index is 5.21. The lowest BCUT2D eigenvalue weighted by molar-refractivity contribution is 0.121. The highest BCUT2D eigenvalue weighted by Gasteiger charge is 2.45. The molecule has 0 saturated heterocycles. The van der Waals surface area contributed by atoms with Crippen LogP contribution in [0.4, 0.5) is 0 Å². The van der Waals surface area contributed by atoms with Gasteiger partial charge in [0.1, 0.15) is 0 Å². The highest BCUT2D eigenvalue weighted by molar-refractivity contribution is 7.83. The van der Waals surface area contributed by atoms with Crippen molar-refractivity contribution < 1.29 is 26.6 Å². The molecule has 136 valence electrons. The van der Waals surface area contributed by atoms with E-state index in [4.69, 9.17) is 26.6 Å². The zero-order valence-electron chi connectivity index (χ0n) is 14.9. The van der Waals surface area contributed by atoms with Crippen LogP contribution < -0.4 is 0 Å². The first kappa shape index (κ1) is 25.1. The summed E-state index contributed by atoms with van der Waals surface area (Å²) in [6, 6.07) is 0. The number of thiol groups is 2. The fourth-order valence-corrected chi connectivity index (χ4v) is 7.35. The Bertz CT molecular complexity index is 225. The van der Waals surface area contributed by atoms with E-state index in [9.17, 15) is 0 Å². The molecule has 0 aromatic rings. The molecular formula is C12H32O6S2Si2. The van der Waals surface area contributed by atoms with Gasteiger partial charge in [-0.25, -0.2) is 0 Å². The van der Waals surface area contributed by atoms with Gasteiger partial charge < -0.3 is 26.6 Å². The van der Waals surface area contributed by atoms with Gasteiger partial charge in [0.25, 0.3) is 0 Å². The lowest BCUT2D eigenvalue weighted by Crippen LogP contribution is -2.51. The predicted octanol–water partition coefficient (Wildman–Crippen LogP) is 2.22. The van der Waals surface area contributed by atoms with Gasteiger partial charge in [-0.05, 0) is 12.8 Å². The summed E-state index contributed by atoms with van der Waals surface area (Å²) < 4.78 is 31.2. The minimum absolute atomic E-state index is 0.0579. The van der Waals surface area contributed by atoms with Crippen LogP contribution in [0.3, 0.4) is 0 Å². The standard InChI is InChI=1S/2C6H16O3SSi/c2*1-5-6(10)11(7-2,8-3)9-4/h2*6,10H,5H2,1-4H3. The summed E-state index contributed by atoms with van der Waals surface area (Å²) in [7, 11) is 4.66. The zero-order valence-corrected chi connectivity index (χ0v) is 18.7. The van der Waals surface area contributed by atoms with E-state index < -0.39 is 17.6 Å². The second-order valence-corrected chi connectivity index (χ2v) is 12.8. The molecule has 6 nitrogen and oxygen atoms in total. The maximum absolute atomic E-state index is 5.21. The predicted molar refractivity (Wildman–Crippen MR) is 99.7 cm³/mol. The molecule has 0 bridgehead atoms. The fourth-order valence-electron chi connectivity index (χ4n) is 1.82. The van der Waals surface area contributed by atoms with E-state index in [0.29, 0.717) is 0 Å². The van der Waals surface area contributed by atoms with Crippen molar-refractivity contribution in [3.8, 4) is 0 Å². The van der Waals surface area contributed by atoms with E-state index in [2.05, 4.69) is 25.3 Å². The average Bonchev–Trinajstić information content (AvgIpc) is 2.59. The molecule has 0 amide bonds. The van der Waals surface area contributed by atoms with Crippen LogP contribution in [-0.4, -0.2) is 70.0 Å². The monoisotopic (exact) mass is 392 g/mol. The molecule has 0 aliphatic carbocycles. The molecule has 0 spiro atoms. The molecule has 0 saturated carbocycles. The van der Waals surface area contributed by atoms with Crippen LogP contribution in [0.5, 0.6) is 0 Å². The molecular weight excluding hydrogens is 360 g/mol. The molecule has 2 unspecified atom stereocenters. The molecule has 2 atom stereocenters. The molecule has 0 fully saturated rings. The lowest BCUT2D eigenvalue weighted by atomic mass is 10.6. The van der Waals surface area contributed by atoms with Gasteiger partial charge in [0.15, 0.2) is 0 Å². The maximum Gasteiger partial charge on any atom is 0.513 e. The Labute approximate surface area is 148 Å². The van der Waals surface area contributed by atoms with E-state index in [1.54, 1.807) is 42.7 Å². The van der Waals surface area contributed by atoms with Crippen LogP contribution in [0.15, 0.2) is 0 Å². The first-order chi connectivity index (χ1) is 10.3. The minimum Gasteiger partial charge on any atom is -0.376 e. The van der Waals surface area contributed by atoms with Crippen LogP contribution in [-0.2, 0) is 26.6 Å². The molecule has 0 N–H and O–H groups in total. The number of rotatable bonds is 10. The smallest absolute Gasteiger partial charge is 0.376 e. The van der Waals surface area contributed by atoms with E-state index in [0.717, 1.165) is 12.8 Å². The van der Waals surface area contributed by atoms with Gasteiger partial charge in [-0.3, -0.25) is 0 Å². The summed E-state index contributed by atoms with van der Waals surface area (Å²) in [4.78, 5) is 0.116. The van der Waals surface area contributed by atoms with Gasteiger partial charge >= 0.3 is 17.6 Å². The van der Waals surface area contributed by atoms with Crippen LogP contribution in [0.25, 0.3) is 0 Å². The van der Waals surface area contributed by atoms with Gasteiger partial charge in [0.2, 0.25) is 0 Å². The third-order valence-corrected chi connectivity index (χ3v) is 11.8. The molecule has 0 aromatic heterocycles. The molecule has 0 aromatic carbocycles. The van der Waals surface area contributed by atoms with Gasteiger partial charge in [0.05, 0.1) is 9.75 Å². The first-order valence-electron chi connectivity index (χ1n) is 7.00. The molecule has 10 heteroatoms. The van der Waals surface area contributed by atoms with Crippen molar-refractivity contribution in [3.05, 3.63) is 0 Å². The van der Waals surface area contributed by atoms with E-state index in [1.165, 1.54) is 0 Å². The van der Waals surface area contributed by atoms with Crippen molar-refractivity contribution in [1.29, 1.82) is 0 Å². The Balaban J connectivity index is 0. The van der Waals surface area contributed by atoms with E-state index in [1.807, 2.05) is 13.8 Å². The zero-order chi connectivity index (χ0) is 17.8.